The fourth-order valence-corrected chi connectivity index (χ4v) is 5.07. The Morgan fingerprint density at radius 1 is 1.02 bits per heavy atom. The van der Waals surface area contributed by atoms with Gasteiger partial charge in [0.1, 0.15) is 23.0 Å². The minimum absolute atomic E-state index is 0.0280. The maximum Gasteiger partial charge on any atom is 0.254 e. The first-order valence-electron chi connectivity index (χ1n) is 12.1. The molecule has 1 aromatic heterocycles. The summed E-state index contributed by atoms with van der Waals surface area (Å²) in [7, 11) is 4.60. The Hall–Kier alpha value is -4.82. The Labute approximate surface area is 236 Å². The number of dihydropyridines is 1. The van der Waals surface area contributed by atoms with Gasteiger partial charge < -0.3 is 34.6 Å². The van der Waals surface area contributed by atoms with Crippen LogP contribution in [-0.2, 0) is 9.59 Å². The van der Waals surface area contributed by atoms with Crippen LogP contribution in [0.2, 0.25) is 0 Å². The minimum Gasteiger partial charge on any atom is -0.497 e. The molecule has 0 radical (unpaired) electrons. The Balaban J connectivity index is 1.58. The highest BCUT2D eigenvalue weighted by Crippen LogP contribution is 2.41. The summed E-state index contributed by atoms with van der Waals surface area (Å²) in [5.41, 5.74) is 2.09. The number of anilines is 2. The van der Waals surface area contributed by atoms with Gasteiger partial charge in [-0.3, -0.25) is 9.59 Å². The third kappa shape index (κ3) is 6.24. The molecule has 1 atom stereocenters. The smallest absolute Gasteiger partial charge is 0.254 e. The highest BCUT2D eigenvalue weighted by molar-refractivity contribution is 8.03. The predicted molar refractivity (Wildman–Crippen MR) is 152 cm³/mol. The summed E-state index contributed by atoms with van der Waals surface area (Å²) < 4.78 is 21.5. The second-order valence-electron chi connectivity index (χ2n) is 8.55. The van der Waals surface area contributed by atoms with E-state index in [1.165, 1.54) is 20.5 Å². The molecule has 0 fully saturated rings. The van der Waals surface area contributed by atoms with Crippen molar-refractivity contribution in [1.82, 2.24) is 5.32 Å². The summed E-state index contributed by atoms with van der Waals surface area (Å²) in [5, 5.41) is 19.5. The number of amides is 2. The van der Waals surface area contributed by atoms with E-state index in [9.17, 15) is 14.9 Å². The van der Waals surface area contributed by atoms with Crippen LogP contribution in [0, 0.1) is 11.3 Å². The van der Waals surface area contributed by atoms with Gasteiger partial charge in [-0.1, -0.05) is 11.8 Å². The number of hydrogen-bond acceptors (Lipinski definition) is 9. The highest BCUT2D eigenvalue weighted by Gasteiger charge is 2.36. The quantitative estimate of drug-likeness (QED) is 0.313. The molecule has 0 unspecified atom stereocenters. The number of ether oxygens (including phenoxy) is 3. The van der Waals surface area contributed by atoms with Crippen LogP contribution in [0.3, 0.4) is 0 Å². The summed E-state index contributed by atoms with van der Waals surface area (Å²) >= 11 is 1.16. The van der Waals surface area contributed by atoms with Gasteiger partial charge in [-0.05, 0) is 55.5 Å². The molecule has 40 heavy (non-hydrogen) atoms. The molecule has 0 spiro atoms. The van der Waals surface area contributed by atoms with Gasteiger partial charge in [0.2, 0.25) is 5.91 Å². The molecular weight excluding hydrogens is 532 g/mol. The summed E-state index contributed by atoms with van der Waals surface area (Å²) in [6.07, 6.45) is 1.48. The van der Waals surface area contributed by atoms with Crippen molar-refractivity contribution in [3.8, 4) is 23.3 Å². The molecule has 1 aliphatic heterocycles. The van der Waals surface area contributed by atoms with Crippen molar-refractivity contribution in [2.24, 2.45) is 0 Å². The molecule has 3 aromatic rings. The number of rotatable bonds is 10. The summed E-state index contributed by atoms with van der Waals surface area (Å²) in [5.74, 6) is 0.597. The number of furan rings is 1. The summed E-state index contributed by atoms with van der Waals surface area (Å²) in [6.45, 7) is 1.74. The third-order valence-corrected chi connectivity index (χ3v) is 7.11. The zero-order valence-electron chi connectivity index (χ0n) is 22.4. The first kappa shape index (κ1) is 28.2. The van der Waals surface area contributed by atoms with Gasteiger partial charge in [0.25, 0.3) is 5.91 Å². The maximum atomic E-state index is 13.7. The van der Waals surface area contributed by atoms with Crippen LogP contribution in [0.1, 0.15) is 18.6 Å². The van der Waals surface area contributed by atoms with Gasteiger partial charge in [0.05, 0.1) is 67.2 Å². The first-order valence-corrected chi connectivity index (χ1v) is 13.1. The lowest BCUT2D eigenvalue weighted by Crippen LogP contribution is -2.31. The lowest BCUT2D eigenvalue weighted by molar-refractivity contribution is -0.114. The average molecular weight is 561 g/mol. The SMILES string of the molecule is COc1ccc(NC(=O)CSC2=C(C#N)[C@@H](c3ccco3)C(C(=O)Nc3cc(OC)ccc3OC)=C(C)N2)cc1. The summed E-state index contributed by atoms with van der Waals surface area (Å²) in [4.78, 5) is 26.3. The molecule has 0 aliphatic carbocycles. The van der Waals surface area contributed by atoms with Crippen molar-refractivity contribution in [3.63, 3.8) is 0 Å². The molecule has 10 nitrogen and oxygen atoms in total. The molecule has 206 valence electrons. The lowest BCUT2D eigenvalue weighted by atomic mass is 9.85. The van der Waals surface area contributed by atoms with Crippen LogP contribution < -0.4 is 30.2 Å². The minimum atomic E-state index is -0.801. The maximum absolute atomic E-state index is 13.7. The van der Waals surface area contributed by atoms with Crippen LogP contribution in [0.25, 0.3) is 0 Å². The number of nitriles is 1. The molecule has 2 aromatic carbocycles. The van der Waals surface area contributed by atoms with Crippen molar-refractivity contribution >= 4 is 35.0 Å². The molecule has 0 saturated carbocycles. The van der Waals surface area contributed by atoms with E-state index in [0.29, 0.717) is 50.7 Å². The van der Waals surface area contributed by atoms with Crippen LogP contribution >= 0.6 is 11.8 Å². The van der Waals surface area contributed by atoms with Crippen molar-refractivity contribution in [3.05, 3.63) is 88.5 Å². The van der Waals surface area contributed by atoms with Gasteiger partial charge in [-0.15, -0.1) is 0 Å². The molecule has 2 amide bonds. The molecular formula is C29H28N4O6S. The average Bonchev–Trinajstić information content (AvgIpc) is 3.50. The summed E-state index contributed by atoms with van der Waals surface area (Å²) in [6, 6.07) is 17.6. The van der Waals surface area contributed by atoms with E-state index in [0.717, 1.165) is 11.8 Å². The number of carbonyl (C=O) groups is 2. The number of carbonyl (C=O) groups excluding carboxylic acids is 2. The van der Waals surface area contributed by atoms with Crippen LogP contribution in [-0.4, -0.2) is 38.9 Å². The molecule has 11 heteroatoms. The van der Waals surface area contributed by atoms with E-state index in [-0.39, 0.29) is 17.2 Å². The number of allylic oxidation sites excluding steroid dienone is 2. The molecule has 3 N–H and O–H groups in total. The number of hydrogen-bond donors (Lipinski definition) is 3. The first-order chi connectivity index (χ1) is 19.4. The third-order valence-electron chi connectivity index (χ3n) is 6.10. The topological polar surface area (TPSA) is 135 Å². The Morgan fingerprint density at radius 2 is 1.75 bits per heavy atom. The van der Waals surface area contributed by atoms with Gasteiger partial charge in [-0.25, -0.2) is 0 Å². The normalized spacial score (nSPS) is 14.6. The Morgan fingerprint density at radius 3 is 2.38 bits per heavy atom. The van der Waals surface area contributed by atoms with Gasteiger partial charge >= 0.3 is 0 Å². The lowest BCUT2D eigenvalue weighted by Gasteiger charge is -2.28. The number of benzene rings is 2. The van der Waals surface area contributed by atoms with Crippen molar-refractivity contribution in [1.29, 1.82) is 5.26 Å². The fourth-order valence-electron chi connectivity index (χ4n) is 4.18. The van der Waals surface area contributed by atoms with Crippen molar-refractivity contribution in [2.45, 2.75) is 12.8 Å². The van der Waals surface area contributed by atoms with E-state index in [4.69, 9.17) is 18.6 Å². The Kier molecular flexibility index (Phi) is 9.04. The highest BCUT2D eigenvalue weighted by atomic mass is 32.2. The van der Waals surface area contributed by atoms with Crippen molar-refractivity contribution in [2.75, 3.05) is 37.7 Å². The van der Waals surface area contributed by atoms with Crippen LogP contribution in [0.5, 0.6) is 17.2 Å². The molecule has 0 bridgehead atoms. The molecule has 1 aliphatic rings. The zero-order chi connectivity index (χ0) is 28.6. The molecule has 0 saturated heterocycles. The zero-order valence-corrected chi connectivity index (χ0v) is 23.2. The van der Waals surface area contributed by atoms with E-state index in [1.54, 1.807) is 68.6 Å². The van der Waals surface area contributed by atoms with Crippen molar-refractivity contribution < 1.29 is 28.2 Å². The number of methoxy groups -OCH3 is 3. The number of nitrogens with zero attached hydrogens (tertiary/aromatic N) is 1. The molecule has 2 heterocycles. The molecule has 4 rings (SSSR count). The monoisotopic (exact) mass is 560 g/mol. The van der Waals surface area contributed by atoms with Crippen LogP contribution in [0.4, 0.5) is 11.4 Å². The standard InChI is InChI=1S/C29H28N4O6S/c1-17-26(28(35)33-22-14-20(37-3)11-12-23(22)38-4)27(24-6-5-13-39-24)21(15-30)29(31-17)40-16-25(34)32-18-7-9-19(36-2)10-8-18/h5-14,27,31H,16H2,1-4H3,(H,32,34)(H,33,35)/t27-/m0/s1. The van der Waals surface area contributed by atoms with Gasteiger partial charge in [0, 0.05) is 17.5 Å². The predicted octanol–water partition coefficient (Wildman–Crippen LogP) is 5.01. The van der Waals surface area contributed by atoms with E-state index in [2.05, 4.69) is 22.0 Å². The van der Waals surface area contributed by atoms with Crippen LogP contribution in [0.15, 0.2) is 87.1 Å². The largest absolute Gasteiger partial charge is 0.497 e. The second-order valence-corrected chi connectivity index (χ2v) is 9.54. The number of thioether (sulfide) groups is 1. The fraction of sp³-hybridized carbons (Fsp3) is 0.207. The van der Waals surface area contributed by atoms with E-state index < -0.39 is 11.8 Å². The van der Waals surface area contributed by atoms with E-state index >= 15 is 0 Å². The number of nitrogens with one attached hydrogen (secondary N) is 3. The van der Waals surface area contributed by atoms with E-state index in [1.807, 2.05) is 0 Å². The van der Waals surface area contributed by atoms with Gasteiger partial charge in [0.15, 0.2) is 0 Å². The second kappa shape index (κ2) is 12.8. The Bertz CT molecular complexity index is 1490. The van der Waals surface area contributed by atoms with Gasteiger partial charge in [-0.2, -0.15) is 5.26 Å².